The van der Waals surface area contributed by atoms with Gasteiger partial charge in [-0.25, -0.2) is 0 Å². The van der Waals surface area contributed by atoms with Crippen molar-refractivity contribution in [2.45, 2.75) is 20.8 Å². The highest BCUT2D eigenvalue weighted by Gasteiger charge is 2.19. The molecule has 0 aliphatic heterocycles. The zero-order valence-corrected chi connectivity index (χ0v) is 14.0. The van der Waals surface area contributed by atoms with E-state index in [1.165, 1.54) is 0 Å². The number of nitrogens with zero attached hydrogens (tertiary/aromatic N) is 2. The fraction of sp³-hybridized carbons (Fsp3) is 0.167. The van der Waals surface area contributed by atoms with Crippen molar-refractivity contribution < 1.29 is 8.73 Å². The minimum atomic E-state index is 0.230. The van der Waals surface area contributed by atoms with Gasteiger partial charge in [0.05, 0.1) is 11.3 Å². The second kappa shape index (κ2) is 6.30. The highest BCUT2D eigenvalue weighted by molar-refractivity contribution is 7.54. The maximum atomic E-state index is 10.9. The molecule has 0 aliphatic rings. The third kappa shape index (κ3) is 2.75. The number of hydrogen-bond donors (Lipinski definition) is 0. The largest absolute Gasteiger partial charge is 0.360 e. The van der Waals surface area contributed by atoms with E-state index < -0.39 is 0 Å². The second-order valence-corrected chi connectivity index (χ2v) is 5.73. The van der Waals surface area contributed by atoms with Gasteiger partial charge in [-0.2, -0.15) is 8.57 Å². The molecule has 23 heavy (non-hydrogen) atoms. The molecule has 0 saturated heterocycles. The van der Waals surface area contributed by atoms with E-state index in [1.54, 1.807) is 0 Å². The number of benzene rings is 2. The van der Waals surface area contributed by atoms with Crippen molar-refractivity contribution in [3.63, 3.8) is 0 Å². The van der Waals surface area contributed by atoms with Crippen molar-refractivity contribution in [2.75, 3.05) is 0 Å². The fourth-order valence-corrected chi connectivity index (χ4v) is 3.12. The highest BCUT2D eigenvalue weighted by Crippen LogP contribution is 2.39. The summed E-state index contributed by atoms with van der Waals surface area (Å²) in [5.74, 6) is 0.747. The summed E-state index contributed by atoms with van der Waals surface area (Å²) in [6, 6.07) is 13.9. The minimum Gasteiger partial charge on any atom is -0.360 e. The first-order chi connectivity index (χ1) is 11.1. The summed E-state index contributed by atoms with van der Waals surface area (Å²) in [7, 11) is 0. The molecule has 4 nitrogen and oxygen atoms in total. The van der Waals surface area contributed by atoms with E-state index in [2.05, 4.69) is 9.52 Å². The van der Waals surface area contributed by atoms with Crippen LogP contribution in [0.15, 0.2) is 51.4 Å². The van der Waals surface area contributed by atoms with E-state index in [-0.39, 0.29) is 11.5 Å². The molecule has 2 aromatic carbocycles. The second-order valence-electron chi connectivity index (χ2n) is 5.40. The van der Waals surface area contributed by atoms with Gasteiger partial charge in [0.25, 0.3) is 0 Å². The molecule has 1 heterocycles. The van der Waals surface area contributed by atoms with Crippen LogP contribution >= 0.6 is 0 Å². The number of aryl methyl sites for hydroxylation is 2. The van der Waals surface area contributed by atoms with Crippen LogP contribution < -0.4 is 0 Å². The van der Waals surface area contributed by atoms with Crippen molar-refractivity contribution in [3.8, 4) is 22.4 Å². The molecule has 0 atom stereocenters. The highest BCUT2D eigenvalue weighted by atomic mass is 32.1. The van der Waals surface area contributed by atoms with Gasteiger partial charge in [0.2, 0.25) is 11.5 Å². The maximum absolute atomic E-state index is 10.9. The Morgan fingerprint density at radius 3 is 2.48 bits per heavy atom. The van der Waals surface area contributed by atoms with Gasteiger partial charge >= 0.3 is 0 Å². The van der Waals surface area contributed by atoms with Gasteiger partial charge in [-0.05, 0) is 37.5 Å². The lowest BCUT2D eigenvalue weighted by Crippen LogP contribution is -1.90. The predicted molar refractivity (Wildman–Crippen MR) is 91.8 cm³/mol. The summed E-state index contributed by atoms with van der Waals surface area (Å²) in [6.45, 7) is 5.82. The van der Waals surface area contributed by atoms with Crippen LogP contribution in [0.25, 0.3) is 22.4 Å². The van der Waals surface area contributed by atoms with Crippen LogP contribution in [0.1, 0.15) is 16.9 Å². The molecular formula is C18H16N2O2S. The standard InChI is InChI=1S/C18H16N2O2S/c1-11-9-10-15(12(2)17(11)20-23-21)16-13(3)22-19-18(16)14-7-5-4-6-8-14/h4-10H,1-3H3. The third-order valence-corrected chi connectivity index (χ3v) is 4.20. The molecular weight excluding hydrogens is 308 g/mol. The van der Waals surface area contributed by atoms with Crippen molar-refractivity contribution in [1.82, 2.24) is 5.16 Å². The van der Waals surface area contributed by atoms with E-state index in [0.717, 1.165) is 45.0 Å². The molecule has 0 radical (unpaired) electrons. The normalized spacial score (nSPS) is 10.6. The van der Waals surface area contributed by atoms with Crippen LogP contribution in [0.2, 0.25) is 0 Å². The van der Waals surface area contributed by atoms with Gasteiger partial charge in [-0.1, -0.05) is 47.6 Å². The molecule has 0 amide bonds. The van der Waals surface area contributed by atoms with Crippen molar-refractivity contribution in [2.24, 2.45) is 4.36 Å². The lowest BCUT2D eigenvalue weighted by molar-refractivity contribution is 0.400. The van der Waals surface area contributed by atoms with Gasteiger partial charge in [0.15, 0.2) is 0 Å². The molecule has 0 spiro atoms. The van der Waals surface area contributed by atoms with Gasteiger partial charge in [-0.15, -0.1) is 0 Å². The Hall–Kier alpha value is -2.53. The average Bonchev–Trinajstić information content (AvgIpc) is 2.94. The zero-order valence-electron chi connectivity index (χ0n) is 13.2. The molecule has 1 aromatic heterocycles. The summed E-state index contributed by atoms with van der Waals surface area (Å²) in [5.41, 5.74) is 6.39. The molecule has 0 saturated carbocycles. The molecule has 0 aliphatic carbocycles. The summed E-state index contributed by atoms with van der Waals surface area (Å²) < 4.78 is 20.3. The Morgan fingerprint density at radius 2 is 1.78 bits per heavy atom. The Bertz CT molecular complexity index is 910. The quantitative estimate of drug-likeness (QED) is 0.684. The monoisotopic (exact) mass is 324 g/mol. The van der Waals surface area contributed by atoms with E-state index >= 15 is 0 Å². The van der Waals surface area contributed by atoms with Gasteiger partial charge in [-0.3, -0.25) is 0 Å². The lowest BCUT2D eigenvalue weighted by Gasteiger charge is -2.11. The molecule has 0 N–H and O–H groups in total. The van der Waals surface area contributed by atoms with Gasteiger partial charge < -0.3 is 4.52 Å². The van der Waals surface area contributed by atoms with E-state index in [9.17, 15) is 4.21 Å². The van der Waals surface area contributed by atoms with Crippen LogP contribution in [0, 0.1) is 20.8 Å². The third-order valence-electron chi connectivity index (χ3n) is 3.94. The molecule has 0 fully saturated rings. The summed E-state index contributed by atoms with van der Waals surface area (Å²) in [5, 5.41) is 4.23. The number of aromatic nitrogens is 1. The smallest absolute Gasteiger partial charge is 0.205 e. The van der Waals surface area contributed by atoms with Gasteiger partial charge in [0, 0.05) is 5.56 Å². The SMILES string of the molecule is Cc1ccc(-c2c(-c3ccccc3)noc2C)c(C)c1N=S=O. The van der Waals surface area contributed by atoms with Crippen LogP contribution in [-0.2, 0) is 11.5 Å². The molecule has 0 bridgehead atoms. The van der Waals surface area contributed by atoms with Crippen LogP contribution in [0.4, 0.5) is 5.69 Å². The minimum absolute atomic E-state index is 0.230. The zero-order chi connectivity index (χ0) is 16.4. The lowest BCUT2D eigenvalue weighted by atomic mass is 9.93. The molecule has 3 aromatic rings. The molecule has 3 rings (SSSR count). The van der Waals surface area contributed by atoms with E-state index in [1.807, 2.05) is 63.2 Å². The number of hydrogen-bond acceptors (Lipinski definition) is 4. The predicted octanol–water partition coefficient (Wildman–Crippen LogP) is 4.96. The Balaban J connectivity index is 2.27. The first-order valence-electron chi connectivity index (χ1n) is 7.25. The molecule has 5 heteroatoms. The fourth-order valence-electron chi connectivity index (χ4n) is 2.77. The van der Waals surface area contributed by atoms with Crippen molar-refractivity contribution in [3.05, 3.63) is 59.4 Å². The van der Waals surface area contributed by atoms with E-state index in [0.29, 0.717) is 0 Å². The van der Waals surface area contributed by atoms with E-state index in [4.69, 9.17) is 4.52 Å². The summed E-state index contributed by atoms with van der Waals surface area (Å²) >= 11 is 0.230. The Labute approximate surface area is 138 Å². The summed E-state index contributed by atoms with van der Waals surface area (Å²) in [4.78, 5) is 0. The molecule has 0 unspecified atom stereocenters. The average molecular weight is 324 g/mol. The van der Waals surface area contributed by atoms with Gasteiger partial charge in [0.1, 0.15) is 11.5 Å². The Morgan fingerprint density at radius 1 is 1.04 bits per heavy atom. The topological polar surface area (TPSA) is 55.5 Å². The summed E-state index contributed by atoms with van der Waals surface area (Å²) in [6.07, 6.45) is 0. The molecule has 116 valence electrons. The van der Waals surface area contributed by atoms with Crippen LogP contribution in [0.3, 0.4) is 0 Å². The van der Waals surface area contributed by atoms with Crippen molar-refractivity contribution >= 4 is 17.2 Å². The first kappa shape index (κ1) is 15.4. The van der Waals surface area contributed by atoms with Crippen molar-refractivity contribution in [1.29, 1.82) is 0 Å². The number of rotatable bonds is 3. The van der Waals surface area contributed by atoms with Crippen LogP contribution in [0.5, 0.6) is 0 Å². The Kier molecular flexibility index (Phi) is 4.21. The van der Waals surface area contributed by atoms with Crippen LogP contribution in [-0.4, -0.2) is 9.37 Å². The first-order valence-corrected chi connectivity index (χ1v) is 7.95. The maximum Gasteiger partial charge on any atom is 0.205 e.